The number of benzene rings is 2. The van der Waals surface area contributed by atoms with Gasteiger partial charge >= 0.3 is 0 Å². The molecule has 0 aromatic heterocycles. The van der Waals surface area contributed by atoms with Crippen LogP contribution >= 0.6 is 15.9 Å². The molecule has 2 aromatic carbocycles. The minimum absolute atomic E-state index is 0.152. The van der Waals surface area contributed by atoms with E-state index in [9.17, 15) is 14.0 Å². The van der Waals surface area contributed by atoms with Gasteiger partial charge in [0, 0.05) is 10.0 Å². The quantitative estimate of drug-likeness (QED) is 0.801. The van der Waals surface area contributed by atoms with Gasteiger partial charge < -0.3 is 4.74 Å². The van der Waals surface area contributed by atoms with Crippen molar-refractivity contribution in [3.05, 3.63) is 63.9 Å². The highest BCUT2D eigenvalue weighted by Gasteiger charge is 2.11. The number of halogens is 2. The first kappa shape index (κ1) is 17.0. The standard InChI is InChI=1S/C16H14BrFN2O3/c1-10-2-5-12(18)8-14(10)16(22)20-19-15(21)9-23-13-6-3-11(17)4-7-13/h2-8H,9H2,1H3,(H,19,21)(H,20,22). The Kier molecular flexibility index (Phi) is 5.70. The number of nitrogens with one attached hydrogen (secondary N) is 2. The normalized spacial score (nSPS) is 10.0. The molecule has 0 aliphatic carbocycles. The van der Waals surface area contributed by atoms with Crippen LogP contribution in [0.4, 0.5) is 4.39 Å². The Morgan fingerprint density at radius 3 is 2.52 bits per heavy atom. The average molecular weight is 381 g/mol. The maximum Gasteiger partial charge on any atom is 0.276 e. The van der Waals surface area contributed by atoms with E-state index in [1.807, 2.05) is 0 Å². The van der Waals surface area contributed by atoms with Crippen molar-refractivity contribution >= 4 is 27.7 Å². The Bertz CT molecular complexity index is 720. The van der Waals surface area contributed by atoms with Gasteiger partial charge in [0.25, 0.3) is 11.8 Å². The van der Waals surface area contributed by atoms with Gasteiger partial charge in [-0.3, -0.25) is 20.4 Å². The second kappa shape index (κ2) is 7.73. The fraction of sp³-hybridized carbons (Fsp3) is 0.125. The molecule has 2 aromatic rings. The fourth-order valence-corrected chi connectivity index (χ4v) is 2.01. The molecule has 7 heteroatoms. The smallest absolute Gasteiger partial charge is 0.276 e. The van der Waals surface area contributed by atoms with Crippen molar-refractivity contribution in [2.24, 2.45) is 0 Å². The van der Waals surface area contributed by atoms with Crippen LogP contribution in [0.25, 0.3) is 0 Å². The van der Waals surface area contributed by atoms with Crippen molar-refractivity contribution in [2.45, 2.75) is 6.92 Å². The Morgan fingerprint density at radius 2 is 1.83 bits per heavy atom. The Labute approximate surface area is 140 Å². The highest BCUT2D eigenvalue weighted by Crippen LogP contribution is 2.15. The molecule has 5 nitrogen and oxygen atoms in total. The van der Waals surface area contributed by atoms with Crippen LogP contribution in [0.1, 0.15) is 15.9 Å². The molecule has 0 saturated heterocycles. The first-order valence-electron chi connectivity index (χ1n) is 6.69. The van der Waals surface area contributed by atoms with E-state index in [2.05, 4.69) is 26.8 Å². The molecule has 0 unspecified atom stereocenters. The summed E-state index contributed by atoms with van der Waals surface area (Å²) in [5.41, 5.74) is 5.19. The molecule has 0 aliphatic heterocycles. The number of rotatable bonds is 4. The summed E-state index contributed by atoms with van der Waals surface area (Å²) in [6.45, 7) is 1.41. The fourth-order valence-electron chi connectivity index (χ4n) is 1.75. The van der Waals surface area contributed by atoms with Gasteiger partial charge in [-0.15, -0.1) is 0 Å². The predicted octanol–water partition coefficient (Wildman–Crippen LogP) is 2.74. The van der Waals surface area contributed by atoms with Gasteiger partial charge in [0.1, 0.15) is 11.6 Å². The minimum atomic E-state index is -0.598. The molecule has 0 radical (unpaired) electrons. The van der Waals surface area contributed by atoms with E-state index in [4.69, 9.17) is 4.74 Å². The molecule has 2 rings (SSSR count). The number of amides is 2. The van der Waals surface area contributed by atoms with Crippen LogP contribution in [0, 0.1) is 12.7 Å². The van der Waals surface area contributed by atoms with Crippen molar-refractivity contribution in [1.82, 2.24) is 10.9 Å². The van der Waals surface area contributed by atoms with E-state index in [-0.39, 0.29) is 12.2 Å². The van der Waals surface area contributed by atoms with Gasteiger partial charge in [-0.25, -0.2) is 4.39 Å². The molecule has 0 heterocycles. The first-order valence-corrected chi connectivity index (χ1v) is 7.48. The summed E-state index contributed by atoms with van der Waals surface area (Å²) < 4.78 is 19.3. The van der Waals surface area contributed by atoms with E-state index in [1.165, 1.54) is 12.1 Å². The van der Waals surface area contributed by atoms with Gasteiger partial charge in [0.15, 0.2) is 6.61 Å². The number of ether oxygens (including phenoxy) is 1. The van der Waals surface area contributed by atoms with Crippen molar-refractivity contribution in [2.75, 3.05) is 6.61 Å². The second-order valence-electron chi connectivity index (χ2n) is 4.70. The third-order valence-corrected chi connectivity index (χ3v) is 3.47. The molecule has 120 valence electrons. The van der Waals surface area contributed by atoms with Crippen LogP contribution in [-0.2, 0) is 4.79 Å². The summed E-state index contributed by atoms with van der Waals surface area (Å²) in [6, 6.07) is 10.8. The molecule has 0 saturated carbocycles. The summed E-state index contributed by atoms with van der Waals surface area (Å²) >= 11 is 3.29. The van der Waals surface area contributed by atoms with Crippen molar-refractivity contribution in [3.63, 3.8) is 0 Å². The summed E-state index contributed by atoms with van der Waals surface area (Å²) in [4.78, 5) is 23.5. The van der Waals surface area contributed by atoms with Crippen molar-refractivity contribution < 1.29 is 18.7 Å². The molecule has 2 N–H and O–H groups in total. The largest absolute Gasteiger partial charge is 0.484 e. The summed E-state index contributed by atoms with van der Waals surface area (Å²) in [5.74, 6) is -1.13. The number of aryl methyl sites for hydroxylation is 1. The number of hydrazine groups is 1. The van der Waals surface area contributed by atoms with Crippen molar-refractivity contribution in [3.8, 4) is 5.75 Å². The van der Waals surface area contributed by atoms with Crippen LogP contribution in [0.15, 0.2) is 46.9 Å². The Hall–Kier alpha value is -2.41. The number of carbonyl (C=O) groups is 2. The zero-order valence-corrected chi connectivity index (χ0v) is 13.8. The molecule has 2 amide bonds. The summed E-state index contributed by atoms with van der Waals surface area (Å²) in [5, 5.41) is 0. The molecular formula is C16H14BrFN2O3. The van der Waals surface area contributed by atoms with E-state index in [0.717, 1.165) is 10.5 Å². The molecule has 0 atom stereocenters. The Morgan fingerprint density at radius 1 is 1.13 bits per heavy atom. The number of hydrogen-bond donors (Lipinski definition) is 2. The zero-order chi connectivity index (χ0) is 16.8. The van der Waals surface area contributed by atoms with Gasteiger partial charge in [0.05, 0.1) is 0 Å². The van der Waals surface area contributed by atoms with Crippen LogP contribution < -0.4 is 15.6 Å². The van der Waals surface area contributed by atoms with Gasteiger partial charge in [-0.1, -0.05) is 22.0 Å². The topological polar surface area (TPSA) is 67.4 Å². The molecule has 23 heavy (non-hydrogen) atoms. The highest BCUT2D eigenvalue weighted by atomic mass is 79.9. The molecule has 0 bridgehead atoms. The highest BCUT2D eigenvalue weighted by molar-refractivity contribution is 9.10. The zero-order valence-electron chi connectivity index (χ0n) is 12.2. The minimum Gasteiger partial charge on any atom is -0.484 e. The van der Waals surface area contributed by atoms with E-state index in [0.29, 0.717) is 11.3 Å². The number of hydrogen-bond acceptors (Lipinski definition) is 3. The monoisotopic (exact) mass is 380 g/mol. The molecule has 0 aliphatic rings. The van der Waals surface area contributed by atoms with Crippen LogP contribution in [0.2, 0.25) is 0 Å². The van der Waals surface area contributed by atoms with Crippen LogP contribution in [-0.4, -0.2) is 18.4 Å². The Balaban J connectivity index is 1.83. The second-order valence-corrected chi connectivity index (χ2v) is 5.62. The summed E-state index contributed by atoms with van der Waals surface area (Å²) in [7, 11) is 0. The molecule has 0 fully saturated rings. The van der Waals surface area contributed by atoms with E-state index in [1.54, 1.807) is 31.2 Å². The lowest BCUT2D eigenvalue weighted by molar-refractivity contribution is -0.123. The first-order chi connectivity index (χ1) is 11.0. The van der Waals surface area contributed by atoms with E-state index >= 15 is 0 Å². The maximum absolute atomic E-state index is 13.2. The van der Waals surface area contributed by atoms with Crippen LogP contribution in [0.3, 0.4) is 0 Å². The van der Waals surface area contributed by atoms with E-state index < -0.39 is 17.6 Å². The lowest BCUT2D eigenvalue weighted by atomic mass is 10.1. The predicted molar refractivity (Wildman–Crippen MR) is 86.4 cm³/mol. The number of carbonyl (C=O) groups excluding carboxylic acids is 2. The van der Waals surface area contributed by atoms with Gasteiger partial charge in [-0.05, 0) is 48.9 Å². The van der Waals surface area contributed by atoms with Crippen LogP contribution in [0.5, 0.6) is 5.75 Å². The van der Waals surface area contributed by atoms with Gasteiger partial charge in [-0.2, -0.15) is 0 Å². The lowest BCUT2D eigenvalue weighted by Crippen LogP contribution is -2.44. The third-order valence-electron chi connectivity index (χ3n) is 2.94. The van der Waals surface area contributed by atoms with Gasteiger partial charge in [0.2, 0.25) is 0 Å². The molecular weight excluding hydrogens is 367 g/mol. The third kappa shape index (κ3) is 5.07. The maximum atomic E-state index is 13.2. The average Bonchev–Trinajstić information content (AvgIpc) is 2.54. The van der Waals surface area contributed by atoms with Crippen molar-refractivity contribution in [1.29, 1.82) is 0 Å². The lowest BCUT2D eigenvalue weighted by Gasteiger charge is -2.10. The summed E-state index contributed by atoms with van der Waals surface area (Å²) in [6.07, 6.45) is 0. The SMILES string of the molecule is Cc1ccc(F)cc1C(=O)NNC(=O)COc1ccc(Br)cc1. The molecule has 0 spiro atoms.